The molecule has 0 unspecified atom stereocenters. The second-order valence-corrected chi connectivity index (χ2v) is 8.79. The number of aromatic nitrogens is 4. The van der Waals surface area contributed by atoms with Gasteiger partial charge in [0.05, 0.1) is 5.52 Å². The Morgan fingerprint density at radius 3 is 2.89 bits per heavy atom. The van der Waals surface area contributed by atoms with E-state index < -0.39 is 11.7 Å². The number of benzene rings is 1. The predicted molar refractivity (Wildman–Crippen MR) is 129 cm³/mol. The molecule has 0 atom stereocenters. The minimum absolute atomic E-state index is 0.0127. The molecule has 1 aliphatic rings. The van der Waals surface area contributed by atoms with Gasteiger partial charge < -0.3 is 15.6 Å². The van der Waals surface area contributed by atoms with Crippen LogP contribution in [0.15, 0.2) is 58.4 Å². The van der Waals surface area contributed by atoms with Crippen LogP contribution in [0.1, 0.15) is 47.4 Å². The van der Waals surface area contributed by atoms with E-state index in [2.05, 4.69) is 25.5 Å². The van der Waals surface area contributed by atoms with Crippen molar-refractivity contribution in [3.63, 3.8) is 0 Å². The summed E-state index contributed by atoms with van der Waals surface area (Å²) in [4.78, 5) is 20.6. The number of rotatable bonds is 7. The summed E-state index contributed by atoms with van der Waals surface area (Å²) >= 11 is 0. The number of hydrogen-bond donors (Lipinski definition) is 2. The van der Waals surface area contributed by atoms with Crippen molar-refractivity contribution in [3.8, 4) is 11.1 Å². The predicted octanol–water partition coefficient (Wildman–Crippen LogP) is 3.51. The SMILES string of the molecule is CN=CC(=CN)c1cc(-c2ccc(CNC(=O)c3noc(C4(C)CC4)n3)c(F)c2)c2ccnn2c1. The molecular weight excluding hydrogens is 449 g/mol. The molecule has 3 heterocycles. The van der Waals surface area contributed by atoms with Gasteiger partial charge in [0.15, 0.2) is 0 Å². The highest BCUT2D eigenvalue weighted by atomic mass is 19.1. The summed E-state index contributed by atoms with van der Waals surface area (Å²) in [6.45, 7) is 2.00. The number of nitrogens with two attached hydrogens (primary N) is 1. The second-order valence-electron chi connectivity index (χ2n) is 8.79. The van der Waals surface area contributed by atoms with Crippen molar-refractivity contribution < 1.29 is 13.7 Å². The van der Waals surface area contributed by atoms with Crippen LogP contribution in [-0.2, 0) is 12.0 Å². The molecule has 10 heteroatoms. The van der Waals surface area contributed by atoms with Crippen molar-refractivity contribution in [1.29, 1.82) is 0 Å². The Morgan fingerprint density at radius 1 is 1.34 bits per heavy atom. The van der Waals surface area contributed by atoms with Gasteiger partial charge in [-0.15, -0.1) is 0 Å². The number of hydrogen-bond acceptors (Lipinski definition) is 7. The summed E-state index contributed by atoms with van der Waals surface area (Å²) < 4.78 is 22.0. The van der Waals surface area contributed by atoms with E-state index in [1.54, 1.807) is 36.1 Å². The van der Waals surface area contributed by atoms with E-state index in [0.29, 0.717) is 22.6 Å². The standard InChI is InChI=1S/C25H24FN7O2/c1-25(6-7-25)24-31-22(32-35-24)23(34)29-13-16-4-3-15(10-20(16)26)19-9-17(18(11-27)12-28-2)14-33-21(19)5-8-30-33/h3-5,8-12,14H,6-7,13,27H2,1-2H3,(H,29,34). The number of carbonyl (C=O) groups excluding carboxylic acids is 1. The highest BCUT2D eigenvalue weighted by Gasteiger charge is 2.44. The normalized spacial score (nSPS) is 15.1. The monoisotopic (exact) mass is 473 g/mol. The fourth-order valence-electron chi connectivity index (χ4n) is 3.85. The highest BCUT2D eigenvalue weighted by Crippen LogP contribution is 2.46. The third-order valence-electron chi connectivity index (χ3n) is 6.24. The summed E-state index contributed by atoms with van der Waals surface area (Å²) in [6, 6.07) is 8.66. The maximum Gasteiger partial charge on any atom is 0.292 e. The highest BCUT2D eigenvalue weighted by molar-refractivity contribution is 6.10. The number of pyridine rings is 1. The molecule has 3 aromatic heterocycles. The Bertz CT molecular complexity index is 1480. The zero-order valence-corrected chi connectivity index (χ0v) is 19.3. The topological polar surface area (TPSA) is 124 Å². The van der Waals surface area contributed by atoms with Crippen LogP contribution < -0.4 is 11.1 Å². The first-order valence-electron chi connectivity index (χ1n) is 11.1. The molecule has 35 heavy (non-hydrogen) atoms. The quantitative estimate of drug-likeness (QED) is 0.396. The van der Waals surface area contributed by atoms with Gasteiger partial charge in [0.1, 0.15) is 5.82 Å². The maximum atomic E-state index is 15.1. The van der Waals surface area contributed by atoms with Crippen LogP contribution in [0.25, 0.3) is 22.2 Å². The molecule has 9 nitrogen and oxygen atoms in total. The molecule has 1 saturated carbocycles. The first-order valence-corrected chi connectivity index (χ1v) is 11.1. The van der Waals surface area contributed by atoms with Crippen LogP contribution >= 0.6 is 0 Å². The molecule has 0 radical (unpaired) electrons. The second kappa shape index (κ2) is 8.79. The van der Waals surface area contributed by atoms with Gasteiger partial charge >= 0.3 is 0 Å². The lowest BCUT2D eigenvalue weighted by Gasteiger charge is -2.11. The Morgan fingerprint density at radius 2 is 2.17 bits per heavy atom. The number of carbonyl (C=O) groups is 1. The number of allylic oxidation sites excluding steroid dienone is 1. The van der Waals surface area contributed by atoms with Gasteiger partial charge in [0, 0.05) is 66.1 Å². The van der Waals surface area contributed by atoms with Gasteiger partial charge in [0.2, 0.25) is 5.89 Å². The number of nitrogens with one attached hydrogen (secondary N) is 1. The van der Waals surface area contributed by atoms with Crippen molar-refractivity contribution in [2.45, 2.75) is 31.7 Å². The minimum Gasteiger partial charge on any atom is -0.404 e. The zero-order valence-electron chi connectivity index (χ0n) is 19.3. The summed E-state index contributed by atoms with van der Waals surface area (Å²) in [5, 5.41) is 10.7. The summed E-state index contributed by atoms with van der Waals surface area (Å²) in [7, 11) is 1.66. The fourth-order valence-corrected chi connectivity index (χ4v) is 3.85. The van der Waals surface area contributed by atoms with E-state index in [1.807, 2.05) is 25.3 Å². The minimum atomic E-state index is -0.514. The molecule has 3 N–H and O–H groups in total. The number of halogens is 1. The lowest BCUT2D eigenvalue weighted by Crippen LogP contribution is -2.24. The fraction of sp³-hybridized carbons (Fsp3) is 0.240. The Kier molecular flexibility index (Phi) is 5.64. The average Bonchev–Trinajstić information content (AvgIpc) is 3.26. The maximum absolute atomic E-state index is 15.1. The van der Waals surface area contributed by atoms with Gasteiger partial charge in [-0.05, 0) is 36.6 Å². The van der Waals surface area contributed by atoms with Gasteiger partial charge in [0.25, 0.3) is 11.7 Å². The number of aliphatic imine (C=N–C) groups is 1. The molecule has 1 aliphatic carbocycles. The molecule has 4 aromatic rings. The lowest BCUT2D eigenvalue weighted by molar-refractivity contribution is 0.0937. The van der Waals surface area contributed by atoms with Crippen molar-refractivity contribution in [2.75, 3.05) is 7.05 Å². The summed E-state index contributed by atoms with van der Waals surface area (Å²) in [5.41, 5.74) is 9.75. The van der Waals surface area contributed by atoms with Gasteiger partial charge in [-0.2, -0.15) is 10.1 Å². The molecule has 0 aliphatic heterocycles. The molecule has 1 fully saturated rings. The summed E-state index contributed by atoms with van der Waals surface area (Å²) in [6.07, 6.45) is 8.54. The van der Waals surface area contributed by atoms with Crippen LogP contribution in [0, 0.1) is 5.82 Å². The molecular formula is C25H24FN7O2. The van der Waals surface area contributed by atoms with E-state index in [9.17, 15) is 4.79 Å². The van der Waals surface area contributed by atoms with E-state index in [0.717, 1.165) is 29.5 Å². The van der Waals surface area contributed by atoms with Crippen molar-refractivity contribution in [2.24, 2.45) is 10.7 Å². The van der Waals surface area contributed by atoms with E-state index >= 15 is 4.39 Å². The smallest absolute Gasteiger partial charge is 0.292 e. The summed E-state index contributed by atoms with van der Waals surface area (Å²) in [5.74, 6) is -0.552. The number of nitrogens with zero attached hydrogens (tertiary/aromatic N) is 5. The molecule has 1 amide bonds. The van der Waals surface area contributed by atoms with E-state index in [1.165, 1.54) is 12.3 Å². The largest absolute Gasteiger partial charge is 0.404 e. The van der Waals surface area contributed by atoms with Gasteiger partial charge in [-0.25, -0.2) is 8.91 Å². The third kappa shape index (κ3) is 4.30. The average molecular weight is 474 g/mol. The van der Waals surface area contributed by atoms with E-state index in [-0.39, 0.29) is 17.8 Å². The van der Waals surface area contributed by atoms with Gasteiger partial charge in [-0.3, -0.25) is 9.79 Å². The zero-order chi connectivity index (χ0) is 24.6. The van der Waals surface area contributed by atoms with Crippen molar-refractivity contribution >= 4 is 23.2 Å². The van der Waals surface area contributed by atoms with Crippen LogP contribution in [0.4, 0.5) is 4.39 Å². The van der Waals surface area contributed by atoms with Crippen LogP contribution in [0.5, 0.6) is 0 Å². The number of fused-ring (bicyclic) bond motifs is 1. The van der Waals surface area contributed by atoms with Crippen LogP contribution in [-0.4, -0.2) is 38.9 Å². The Labute approximate surface area is 200 Å². The molecule has 0 bridgehead atoms. The van der Waals surface area contributed by atoms with Crippen molar-refractivity contribution in [3.05, 3.63) is 77.6 Å². The Hall–Kier alpha value is -4.34. The first kappa shape index (κ1) is 22.5. The number of amides is 1. The molecule has 178 valence electrons. The lowest BCUT2D eigenvalue weighted by atomic mass is 9.99. The molecule has 5 rings (SSSR count). The van der Waals surface area contributed by atoms with Crippen LogP contribution in [0.2, 0.25) is 0 Å². The third-order valence-corrected chi connectivity index (χ3v) is 6.24. The van der Waals surface area contributed by atoms with Gasteiger partial charge in [-0.1, -0.05) is 24.2 Å². The first-order chi connectivity index (χ1) is 16.9. The molecule has 0 saturated heterocycles. The molecule has 1 aromatic carbocycles. The molecule has 0 spiro atoms. The van der Waals surface area contributed by atoms with Crippen molar-refractivity contribution in [1.82, 2.24) is 25.1 Å². The van der Waals surface area contributed by atoms with E-state index in [4.69, 9.17) is 10.3 Å². The van der Waals surface area contributed by atoms with Crippen LogP contribution in [0.3, 0.4) is 0 Å². The Balaban J connectivity index is 1.38.